The predicted octanol–water partition coefficient (Wildman–Crippen LogP) is 3.91. The molecule has 0 unspecified atom stereocenters. The van der Waals surface area contributed by atoms with Crippen molar-refractivity contribution in [3.8, 4) is 0 Å². The number of rotatable bonds is 4. The lowest BCUT2D eigenvalue weighted by Gasteiger charge is -2.07. The molecule has 0 amide bonds. The van der Waals surface area contributed by atoms with Crippen molar-refractivity contribution in [2.45, 2.75) is 23.4 Å². The summed E-state index contributed by atoms with van der Waals surface area (Å²) in [5.41, 5.74) is 2.40. The minimum atomic E-state index is 0.758. The molecule has 18 heavy (non-hydrogen) atoms. The van der Waals surface area contributed by atoms with Crippen LogP contribution in [-0.4, -0.2) is 12.0 Å². The van der Waals surface area contributed by atoms with Gasteiger partial charge in [0.05, 0.1) is 0 Å². The molecule has 2 rings (SSSR count). The van der Waals surface area contributed by atoms with E-state index in [9.17, 15) is 0 Å². The van der Waals surface area contributed by atoms with Crippen LogP contribution >= 0.6 is 23.4 Å². The number of aromatic nitrogens is 1. The van der Waals surface area contributed by atoms with E-state index in [2.05, 4.69) is 23.3 Å². The molecule has 0 aliphatic rings. The molecule has 0 saturated heterocycles. The molecule has 0 saturated carbocycles. The van der Waals surface area contributed by atoms with Crippen LogP contribution in [0.5, 0.6) is 0 Å². The summed E-state index contributed by atoms with van der Waals surface area (Å²) in [6.07, 6.45) is 1.92. The van der Waals surface area contributed by atoms with E-state index in [1.807, 2.05) is 37.5 Å². The molecule has 1 heterocycles. The van der Waals surface area contributed by atoms with Crippen molar-refractivity contribution in [3.63, 3.8) is 0 Å². The third-order valence-electron chi connectivity index (χ3n) is 2.50. The third kappa shape index (κ3) is 3.48. The van der Waals surface area contributed by atoms with Gasteiger partial charge < -0.3 is 5.32 Å². The highest BCUT2D eigenvalue weighted by Crippen LogP contribution is 2.29. The number of halogens is 1. The Morgan fingerprint density at radius 3 is 2.61 bits per heavy atom. The van der Waals surface area contributed by atoms with Gasteiger partial charge in [-0.3, -0.25) is 0 Å². The summed E-state index contributed by atoms with van der Waals surface area (Å²) >= 11 is 7.53. The van der Waals surface area contributed by atoms with Gasteiger partial charge in [-0.1, -0.05) is 29.4 Å². The van der Waals surface area contributed by atoms with Gasteiger partial charge in [-0.25, -0.2) is 4.98 Å². The number of nitrogens with zero attached hydrogens (tertiary/aromatic N) is 1. The van der Waals surface area contributed by atoms with E-state index in [0.29, 0.717) is 0 Å². The average Bonchev–Trinajstić information content (AvgIpc) is 2.36. The minimum Gasteiger partial charge on any atom is -0.316 e. The molecular weight excluding hydrogens is 264 g/mol. The fourth-order valence-electron chi connectivity index (χ4n) is 1.64. The Kier molecular flexibility index (Phi) is 4.64. The van der Waals surface area contributed by atoms with Crippen LogP contribution in [0.4, 0.5) is 0 Å². The molecule has 0 aliphatic carbocycles. The zero-order chi connectivity index (χ0) is 13.0. The molecule has 0 aliphatic heterocycles. The first-order valence-electron chi connectivity index (χ1n) is 5.72. The van der Waals surface area contributed by atoms with E-state index in [0.717, 1.165) is 21.5 Å². The van der Waals surface area contributed by atoms with Gasteiger partial charge in [0.2, 0.25) is 0 Å². The highest BCUT2D eigenvalue weighted by molar-refractivity contribution is 7.99. The van der Waals surface area contributed by atoms with E-state index in [1.54, 1.807) is 11.8 Å². The highest BCUT2D eigenvalue weighted by atomic mass is 35.5. The summed E-state index contributed by atoms with van der Waals surface area (Å²) in [6.45, 7) is 2.93. The van der Waals surface area contributed by atoms with Gasteiger partial charge in [-0.05, 0) is 49.4 Å². The maximum absolute atomic E-state index is 5.87. The first-order valence-corrected chi connectivity index (χ1v) is 6.92. The largest absolute Gasteiger partial charge is 0.316 e. The molecule has 0 atom stereocenters. The second-order valence-corrected chi connectivity index (χ2v) is 5.55. The number of pyridine rings is 1. The van der Waals surface area contributed by atoms with E-state index < -0.39 is 0 Å². The highest BCUT2D eigenvalue weighted by Gasteiger charge is 2.04. The number of hydrogen-bond acceptors (Lipinski definition) is 3. The van der Waals surface area contributed by atoms with E-state index >= 15 is 0 Å². The summed E-state index contributed by atoms with van der Waals surface area (Å²) in [6, 6.07) is 9.98. The quantitative estimate of drug-likeness (QED) is 0.918. The molecule has 94 valence electrons. The van der Waals surface area contributed by atoms with Crippen LogP contribution < -0.4 is 5.32 Å². The topological polar surface area (TPSA) is 24.9 Å². The maximum Gasteiger partial charge on any atom is 0.104 e. The molecule has 0 fully saturated rings. The molecule has 1 aromatic heterocycles. The molecule has 2 aromatic rings. The molecule has 0 radical (unpaired) electrons. The lowest BCUT2D eigenvalue weighted by molar-refractivity contribution is 0.807. The lowest BCUT2D eigenvalue weighted by Crippen LogP contribution is -2.05. The standard InChI is InChI=1S/C14H15ClN2S/c1-10-7-11(8-16-2)9-17-14(10)18-13-5-3-12(15)4-6-13/h3-7,9,16H,8H2,1-2H3. The fraction of sp³-hybridized carbons (Fsp3) is 0.214. The molecule has 1 aromatic carbocycles. The Labute approximate surface area is 117 Å². The van der Waals surface area contributed by atoms with E-state index in [4.69, 9.17) is 11.6 Å². The number of aryl methyl sites for hydroxylation is 1. The molecule has 4 heteroatoms. The van der Waals surface area contributed by atoms with Gasteiger partial charge in [-0.15, -0.1) is 0 Å². The Balaban J connectivity index is 2.16. The molecule has 1 N–H and O–H groups in total. The first-order chi connectivity index (χ1) is 8.69. The average molecular weight is 279 g/mol. The molecule has 0 bridgehead atoms. The van der Waals surface area contributed by atoms with Crippen molar-refractivity contribution < 1.29 is 0 Å². The minimum absolute atomic E-state index is 0.758. The number of benzene rings is 1. The smallest absolute Gasteiger partial charge is 0.104 e. The SMILES string of the molecule is CNCc1cnc(Sc2ccc(Cl)cc2)c(C)c1. The summed E-state index contributed by atoms with van der Waals surface area (Å²) in [7, 11) is 1.94. The maximum atomic E-state index is 5.87. The van der Waals surface area contributed by atoms with Crippen LogP contribution in [0.3, 0.4) is 0 Å². The van der Waals surface area contributed by atoms with Crippen LogP contribution in [0, 0.1) is 6.92 Å². The zero-order valence-electron chi connectivity index (χ0n) is 10.4. The lowest BCUT2D eigenvalue weighted by atomic mass is 10.2. The van der Waals surface area contributed by atoms with Crippen molar-refractivity contribution in [2.75, 3.05) is 7.05 Å². The summed E-state index contributed by atoms with van der Waals surface area (Å²) < 4.78 is 0. The molecular formula is C14H15ClN2S. The zero-order valence-corrected chi connectivity index (χ0v) is 12.0. The number of hydrogen-bond donors (Lipinski definition) is 1. The monoisotopic (exact) mass is 278 g/mol. The van der Waals surface area contributed by atoms with Crippen molar-refractivity contribution in [1.82, 2.24) is 10.3 Å². The summed E-state index contributed by atoms with van der Waals surface area (Å²) in [4.78, 5) is 5.65. The van der Waals surface area contributed by atoms with Crippen LogP contribution in [-0.2, 0) is 6.54 Å². The second-order valence-electron chi connectivity index (χ2n) is 4.05. The Hall–Kier alpha value is -1.03. The fourth-order valence-corrected chi connectivity index (χ4v) is 2.59. The first kappa shape index (κ1) is 13.4. The molecule has 0 spiro atoms. The third-order valence-corrected chi connectivity index (χ3v) is 3.88. The summed E-state index contributed by atoms with van der Waals surface area (Å²) in [5, 5.41) is 4.92. The van der Waals surface area contributed by atoms with Gasteiger partial charge in [0.25, 0.3) is 0 Å². The van der Waals surface area contributed by atoms with Crippen molar-refractivity contribution in [1.29, 1.82) is 0 Å². The number of nitrogens with one attached hydrogen (secondary N) is 1. The van der Waals surface area contributed by atoms with Crippen LogP contribution in [0.25, 0.3) is 0 Å². The van der Waals surface area contributed by atoms with Gasteiger partial charge >= 0.3 is 0 Å². The van der Waals surface area contributed by atoms with Gasteiger partial charge in [0.1, 0.15) is 5.03 Å². The van der Waals surface area contributed by atoms with Crippen molar-refractivity contribution >= 4 is 23.4 Å². The van der Waals surface area contributed by atoms with Gasteiger partial charge in [0.15, 0.2) is 0 Å². The second kappa shape index (κ2) is 6.23. The van der Waals surface area contributed by atoms with Gasteiger partial charge in [-0.2, -0.15) is 0 Å². The summed E-state index contributed by atoms with van der Waals surface area (Å²) in [5.74, 6) is 0. The van der Waals surface area contributed by atoms with Crippen LogP contribution in [0.2, 0.25) is 5.02 Å². The van der Waals surface area contributed by atoms with Crippen molar-refractivity contribution in [3.05, 3.63) is 52.7 Å². The Bertz CT molecular complexity index is 526. The van der Waals surface area contributed by atoms with Crippen LogP contribution in [0.15, 0.2) is 46.5 Å². The van der Waals surface area contributed by atoms with Crippen LogP contribution in [0.1, 0.15) is 11.1 Å². The predicted molar refractivity (Wildman–Crippen MR) is 77.3 cm³/mol. The normalized spacial score (nSPS) is 10.6. The Morgan fingerprint density at radius 1 is 1.28 bits per heavy atom. The van der Waals surface area contributed by atoms with Gasteiger partial charge in [0, 0.05) is 22.7 Å². The van der Waals surface area contributed by atoms with E-state index in [1.165, 1.54) is 11.1 Å². The van der Waals surface area contributed by atoms with E-state index in [-0.39, 0.29) is 0 Å². The Morgan fingerprint density at radius 2 is 2.00 bits per heavy atom. The van der Waals surface area contributed by atoms with Crippen molar-refractivity contribution in [2.24, 2.45) is 0 Å². The molecule has 2 nitrogen and oxygen atoms in total.